The van der Waals surface area contributed by atoms with E-state index in [1.165, 1.54) is 0 Å². The topological polar surface area (TPSA) is 68.9 Å². The number of ether oxygens (including phenoxy) is 2. The Morgan fingerprint density at radius 2 is 1.92 bits per heavy atom. The number of guanidine groups is 1. The van der Waals surface area contributed by atoms with Crippen molar-refractivity contribution >= 4 is 11.6 Å². The molecule has 0 heterocycles. The highest BCUT2D eigenvalue weighted by molar-refractivity contribution is 5.92. The van der Waals surface area contributed by atoms with E-state index in [1.54, 1.807) is 7.11 Å². The van der Waals surface area contributed by atoms with Gasteiger partial charge in [-0.1, -0.05) is 25.5 Å². The second kappa shape index (κ2) is 9.45. The fourth-order valence-electron chi connectivity index (χ4n) is 2.11. The van der Waals surface area contributed by atoms with Crippen LogP contribution in [0.3, 0.4) is 0 Å². The fourth-order valence-corrected chi connectivity index (χ4v) is 2.11. The highest BCUT2D eigenvalue weighted by Crippen LogP contribution is 2.16. The van der Waals surface area contributed by atoms with Crippen molar-refractivity contribution in [1.82, 2.24) is 0 Å². The molecule has 0 aromatic heterocycles. The van der Waals surface area contributed by atoms with Crippen LogP contribution in [-0.2, 0) is 6.54 Å². The van der Waals surface area contributed by atoms with Gasteiger partial charge in [0.2, 0.25) is 0 Å². The smallest absolute Gasteiger partial charge is 0.193 e. The van der Waals surface area contributed by atoms with Gasteiger partial charge in [0.15, 0.2) is 5.96 Å². The normalized spacial score (nSPS) is 11.2. The number of nitrogens with two attached hydrogens (primary N) is 1. The molecule has 0 amide bonds. The number of hydrogen-bond donors (Lipinski definition) is 2. The van der Waals surface area contributed by atoms with Crippen molar-refractivity contribution in [2.45, 2.75) is 26.3 Å². The summed E-state index contributed by atoms with van der Waals surface area (Å²) < 4.78 is 10.8. The number of unbranched alkanes of at least 4 members (excludes halogenated alkanes) is 1. The zero-order valence-electron chi connectivity index (χ0n) is 14.3. The van der Waals surface area contributed by atoms with Crippen molar-refractivity contribution in [3.05, 3.63) is 54.1 Å². The molecule has 128 valence electrons. The maximum Gasteiger partial charge on any atom is 0.193 e. The summed E-state index contributed by atoms with van der Waals surface area (Å²) in [5.41, 5.74) is 7.86. The zero-order chi connectivity index (χ0) is 17.2. The minimum absolute atomic E-state index is 0.373. The van der Waals surface area contributed by atoms with Crippen LogP contribution in [0, 0.1) is 0 Å². The summed E-state index contributed by atoms with van der Waals surface area (Å²) in [6.45, 7) is 3.39. The van der Waals surface area contributed by atoms with Crippen LogP contribution in [0.2, 0.25) is 0 Å². The number of hydrogen-bond acceptors (Lipinski definition) is 3. The maximum atomic E-state index is 5.94. The highest BCUT2D eigenvalue weighted by Gasteiger charge is 1.99. The molecule has 0 saturated carbocycles. The summed E-state index contributed by atoms with van der Waals surface area (Å²) in [6.07, 6.45) is 2.18. The maximum absolute atomic E-state index is 5.94. The van der Waals surface area contributed by atoms with E-state index < -0.39 is 0 Å². The van der Waals surface area contributed by atoms with E-state index in [0.717, 1.165) is 42.2 Å². The Bertz CT molecular complexity index is 654. The molecule has 0 spiro atoms. The van der Waals surface area contributed by atoms with E-state index in [2.05, 4.69) is 17.2 Å². The summed E-state index contributed by atoms with van der Waals surface area (Å²) >= 11 is 0. The molecule has 0 atom stereocenters. The predicted molar refractivity (Wildman–Crippen MR) is 98.8 cm³/mol. The van der Waals surface area contributed by atoms with Crippen LogP contribution in [0.25, 0.3) is 0 Å². The van der Waals surface area contributed by atoms with Crippen LogP contribution in [-0.4, -0.2) is 19.7 Å². The van der Waals surface area contributed by atoms with Gasteiger partial charge in [0.25, 0.3) is 0 Å². The summed E-state index contributed by atoms with van der Waals surface area (Å²) in [5.74, 6) is 2.05. The van der Waals surface area contributed by atoms with Crippen LogP contribution in [0.5, 0.6) is 11.5 Å². The molecule has 0 aliphatic carbocycles. The van der Waals surface area contributed by atoms with E-state index in [1.807, 2.05) is 48.5 Å². The van der Waals surface area contributed by atoms with Gasteiger partial charge in [-0.2, -0.15) is 0 Å². The molecule has 2 rings (SSSR count). The molecule has 0 fully saturated rings. The van der Waals surface area contributed by atoms with Crippen LogP contribution < -0.4 is 20.5 Å². The lowest BCUT2D eigenvalue weighted by Gasteiger charge is -2.08. The van der Waals surface area contributed by atoms with Gasteiger partial charge in [0, 0.05) is 5.69 Å². The van der Waals surface area contributed by atoms with Crippen molar-refractivity contribution in [3.63, 3.8) is 0 Å². The van der Waals surface area contributed by atoms with Crippen LogP contribution in [0.4, 0.5) is 5.69 Å². The van der Waals surface area contributed by atoms with E-state index in [4.69, 9.17) is 15.2 Å². The Morgan fingerprint density at radius 1 is 1.12 bits per heavy atom. The lowest BCUT2D eigenvalue weighted by molar-refractivity contribution is 0.309. The fraction of sp³-hybridized carbons (Fsp3) is 0.316. The number of aliphatic imine (C=N–C) groups is 1. The van der Waals surface area contributed by atoms with E-state index >= 15 is 0 Å². The zero-order valence-corrected chi connectivity index (χ0v) is 14.3. The molecular formula is C19H25N3O2. The molecule has 0 unspecified atom stereocenters. The van der Waals surface area contributed by atoms with Gasteiger partial charge in [-0.05, 0) is 48.4 Å². The first-order chi connectivity index (χ1) is 11.7. The van der Waals surface area contributed by atoms with Crippen LogP contribution in [0.15, 0.2) is 53.5 Å². The lowest BCUT2D eigenvalue weighted by Crippen LogP contribution is -2.22. The largest absolute Gasteiger partial charge is 0.497 e. The average molecular weight is 327 g/mol. The van der Waals surface area contributed by atoms with Crippen molar-refractivity contribution in [1.29, 1.82) is 0 Å². The third-order valence-corrected chi connectivity index (χ3v) is 3.46. The first kappa shape index (κ1) is 17.7. The number of benzene rings is 2. The molecule has 24 heavy (non-hydrogen) atoms. The molecule has 5 heteroatoms. The molecule has 2 aromatic carbocycles. The molecule has 0 bridgehead atoms. The van der Waals surface area contributed by atoms with Gasteiger partial charge >= 0.3 is 0 Å². The summed E-state index contributed by atoms with van der Waals surface area (Å²) in [6, 6.07) is 15.5. The van der Waals surface area contributed by atoms with Gasteiger partial charge in [0.1, 0.15) is 11.5 Å². The van der Waals surface area contributed by atoms with Gasteiger partial charge < -0.3 is 20.5 Å². The Morgan fingerprint density at radius 3 is 2.62 bits per heavy atom. The standard InChI is InChI=1S/C19H25N3O2/c1-3-4-12-24-18-7-5-6-15(13-18)14-21-19(20)22-16-8-10-17(23-2)11-9-16/h5-11,13H,3-4,12,14H2,1-2H3,(H3,20,21,22). The number of methoxy groups -OCH3 is 1. The first-order valence-electron chi connectivity index (χ1n) is 8.14. The van der Waals surface area contributed by atoms with Crippen molar-refractivity contribution in [2.24, 2.45) is 10.7 Å². The van der Waals surface area contributed by atoms with Crippen molar-refractivity contribution in [3.8, 4) is 11.5 Å². The minimum Gasteiger partial charge on any atom is -0.497 e. The molecule has 0 saturated heterocycles. The summed E-state index contributed by atoms with van der Waals surface area (Å²) in [7, 11) is 1.64. The van der Waals surface area contributed by atoms with Gasteiger partial charge in [-0.3, -0.25) is 0 Å². The third-order valence-electron chi connectivity index (χ3n) is 3.46. The molecule has 2 aromatic rings. The quantitative estimate of drug-likeness (QED) is 0.439. The minimum atomic E-state index is 0.373. The second-order valence-corrected chi connectivity index (χ2v) is 5.40. The predicted octanol–water partition coefficient (Wildman–Crippen LogP) is 3.80. The second-order valence-electron chi connectivity index (χ2n) is 5.40. The third kappa shape index (κ3) is 5.83. The Hall–Kier alpha value is -2.69. The van der Waals surface area contributed by atoms with Crippen LogP contribution >= 0.6 is 0 Å². The molecule has 3 N–H and O–H groups in total. The number of rotatable bonds is 8. The van der Waals surface area contributed by atoms with Gasteiger partial charge in [-0.15, -0.1) is 0 Å². The summed E-state index contributed by atoms with van der Waals surface area (Å²) in [4.78, 5) is 4.37. The van der Waals surface area contributed by atoms with Gasteiger partial charge in [-0.25, -0.2) is 4.99 Å². The molecule has 0 aliphatic heterocycles. The number of anilines is 1. The monoisotopic (exact) mass is 327 g/mol. The van der Waals surface area contributed by atoms with E-state index in [-0.39, 0.29) is 0 Å². The van der Waals surface area contributed by atoms with E-state index in [0.29, 0.717) is 12.5 Å². The lowest BCUT2D eigenvalue weighted by atomic mass is 10.2. The summed E-state index contributed by atoms with van der Waals surface area (Å²) in [5, 5.41) is 3.06. The molecular weight excluding hydrogens is 302 g/mol. The first-order valence-corrected chi connectivity index (χ1v) is 8.14. The average Bonchev–Trinajstić information content (AvgIpc) is 2.61. The molecule has 0 radical (unpaired) electrons. The molecule has 0 aliphatic rings. The van der Waals surface area contributed by atoms with E-state index in [9.17, 15) is 0 Å². The van der Waals surface area contributed by atoms with Crippen LogP contribution in [0.1, 0.15) is 25.3 Å². The molecule has 5 nitrogen and oxygen atoms in total. The Balaban J connectivity index is 1.90. The number of nitrogens with zero attached hydrogens (tertiary/aromatic N) is 1. The Labute approximate surface area is 143 Å². The van der Waals surface area contributed by atoms with Crippen molar-refractivity contribution < 1.29 is 9.47 Å². The SMILES string of the molecule is CCCCOc1cccc(CN=C(N)Nc2ccc(OC)cc2)c1. The van der Waals surface area contributed by atoms with Crippen molar-refractivity contribution in [2.75, 3.05) is 19.0 Å². The Kier molecular flexibility index (Phi) is 6.95. The highest BCUT2D eigenvalue weighted by atomic mass is 16.5. The number of nitrogens with one attached hydrogen (secondary N) is 1. The van der Waals surface area contributed by atoms with Gasteiger partial charge in [0.05, 0.1) is 20.3 Å².